The van der Waals surface area contributed by atoms with Crippen molar-refractivity contribution in [3.63, 3.8) is 0 Å². The number of hydrogen-bond donors (Lipinski definition) is 0. The van der Waals surface area contributed by atoms with Gasteiger partial charge in [0.25, 0.3) is 5.91 Å². The molecular formula is C34H36F3N7O2. The van der Waals surface area contributed by atoms with E-state index in [1.807, 2.05) is 36.1 Å². The fourth-order valence-electron chi connectivity index (χ4n) is 7.00. The second-order valence-electron chi connectivity index (χ2n) is 12.8. The number of benzene rings is 1. The second kappa shape index (κ2) is 12.7. The van der Waals surface area contributed by atoms with Crippen molar-refractivity contribution in [3.05, 3.63) is 71.1 Å². The summed E-state index contributed by atoms with van der Waals surface area (Å²) in [4.78, 5) is 37.0. The number of carbonyl (C=O) groups is 2. The van der Waals surface area contributed by atoms with Gasteiger partial charge in [0.1, 0.15) is 12.3 Å². The number of ketones is 1. The Morgan fingerprint density at radius 1 is 1.11 bits per heavy atom. The minimum Gasteiger partial charge on any atom is -0.339 e. The van der Waals surface area contributed by atoms with Gasteiger partial charge in [-0.05, 0) is 68.1 Å². The molecule has 0 bridgehead atoms. The topological polar surface area (TPSA) is 109 Å². The number of piperidine rings is 1. The number of halogens is 3. The highest BCUT2D eigenvalue weighted by molar-refractivity contribution is 5.95. The highest BCUT2D eigenvalue weighted by atomic mass is 19.4. The molecule has 2 aliphatic rings. The summed E-state index contributed by atoms with van der Waals surface area (Å²) in [5.74, 6) is 1.57. The SMILES string of the molecule is Cc1cc(Cc2nccn3c(-c4cn(CC#N)nc4C(F)(F)F)cnc23)ccc1C(=O)N1CCC(CC(=O)[C@H]2CC[C@H](C)C2)CC1. The van der Waals surface area contributed by atoms with E-state index in [1.54, 1.807) is 10.6 Å². The van der Waals surface area contributed by atoms with Crippen LogP contribution in [0.15, 0.2) is 43.0 Å². The molecule has 3 aromatic heterocycles. The summed E-state index contributed by atoms with van der Waals surface area (Å²) in [6, 6.07) is 7.44. The highest BCUT2D eigenvalue weighted by Crippen LogP contribution is 2.37. The maximum atomic E-state index is 13.8. The van der Waals surface area contributed by atoms with Crippen molar-refractivity contribution in [2.75, 3.05) is 13.1 Å². The number of alkyl halides is 3. The smallest absolute Gasteiger partial charge is 0.339 e. The number of rotatable bonds is 8. The van der Waals surface area contributed by atoms with Crippen molar-refractivity contribution in [1.29, 1.82) is 5.26 Å². The number of hydrogen-bond acceptors (Lipinski definition) is 6. The zero-order chi connectivity index (χ0) is 32.6. The number of nitriles is 1. The van der Waals surface area contributed by atoms with Crippen LogP contribution in [0.2, 0.25) is 0 Å². The molecule has 6 rings (SSSR count). The molecule has 1 aliphatic heterocycles. The molecule has 0 N–H and O–H groups in total. The zero-order valence-corrected chi connectivity index (χ0v) is 25.9. The molecule has 0 radical (unpaired) electrons. The number of aryl methyl sites for hydroxylation is 1. The van der Waals surface area contributed by atoms with Crippen LogP contribution < -0.4 is 0 Å². The van der Waals surface area contributed by atoms with Gasteiger partial charge in [0.2, 0.25) is 0 Å². The normalized spacial score (nSPS) is 19.1. The average Bonchev–Trinajstić information content (AvgIpc) is 3.76. The first-order chi connectivity index (χ1) is 22.0. The number of imidazole rings is 1. The van der Waals surface area contributed by atoms with Crippen LogP contribution in [-0.2, 0) is 23.9 Å². The van der Waals surface area contributed by atoms with Crippen molar-refractivity contribution in [1.82, 2.24) is 29.0 Å². The Balaban J connectivity index is 1.14. The van der Waals surface area contributed by atoms with Gasteiger partial charge in [0, 0.05) is 56.0 Å². The Morgan fingerprint density at radius 3 is 2.57 bits per heavy atom. The standard InChI is InChI=1S/C34H36F3N7O2/c1-21-3-5-25(15-21)30(45)18-23-7-11-42(12-8-23)33(46)26-6-4-24(16-22(26)2)17-28-32-40-19-29(44(32)14-10-39-28)27-20-43(13-9-38)41-31(27)34(35,36)37/h4,6,10,14,16,19-21,23,25H,3,5,7-8,11-13,15,17-18H2,1-2H3/t21-,25-/m0/s1. The quantitative estimate of drug-likeness (QED) is 0.226. The van der Waals surface area contributed by atoms with Crippen LogP contribution in [0.5, 0.6) is 0 Å². The summed E-state index contributed by atoms with van der Waals surface area (Å²) in [6.07, 6.45) is 6.72. The molecule has 0 unspecified atom stereocenters. The monoisotopic (exact) mass is 631 g/mol. The molecule has 1 amide bonds. The maximum Gasteiger partial charge on any atom is 0.435 e. The lowest BCUT2D eigenvalue weighted by Crippen LogP contribution is -2.39. The molecule has 1 saturated heterocycles. The molecule has 1 saturated carbocycles. The highest BCUT2D eigenvalue weighted by Gasteiger charge is 2.38. The van der Waals surface area contributed by atoms with Crippen LogP contribution in [0.4, 0.5) is 13.2 Å². The Morgan fingerprint density at radius 2 is 1.89 bits per heavy atom. The van der Waals surface area contributed by atoms with Crippen LogP contribution in [0.25, 0.3) is 16.9 Å². The fraction of sp³-hybridized carbons (Fsp3) is 0.471. The van der Waals surface area contributed by atoms with E-state index in [0.717, 1.165) is 47.9 Å². The van der Waals surface area contributed by atoms with Gasteiger partial charge in [0.05, 0.1) is 29.2 Å². The van der Waals surface area contributed by atoms with Gasteiger partial charge >= 0.3 is 6.18 Å². The van der Waals surface area contributed by atoms with Crippen molar-refractivity contribution in [2.45, 2.75) is 71.5 Å². The van der Waals surface area contributed by atoms with Crippen molar-refractivity contribution in [2.24, 2.45) is 17.8 Å². The molecule has 2 atom stereocenters. The van der Waals surface area contributed by atoms with E-state index >= 15 is 0 Å². The Bertz CT molecular complexity index is 1810. The van der Waals surface area contributed by atoms with Gasteiger partial charge in [-0.25, -0.2) is 4.98 Å². The molecule has 4 aromatic rings. The number of likely N-dealkylation sites (tertiary alicyclic amines) is 1. The number of nitrogens with zero attached hydrogens (tertiary/aromatic N) is 7. The lowest BCUT2D eigenvalue weighted by molar-refractivity contribution is -0.141. The minimum absolute atomic E-state index is 0.0195. The van der Waals surface area contributed by atoms with Gasteiger partial charge in [-0.3, -0.25) is 23.7 Å². The first-order valence-corrected chi connectivity index (χ1v) is 15.8. The van der Waals surface area contributed by atoms with Gasteiger partial charge in [-0.2, -0.15) is 23.5 Å². The Labute approximate surface area is 265 Å². The third-order valence-electron chi connectivity index (χ3n) is 9.47. The molecule has 9 nitrogen and oxygen atoms in total. The minimum atomic E-state index is -4.71. The molecular weight excluding hydrogens is 595 g/mol. The second-order valence-corrected chi connectivity index (χ2v) is 12.8. The molecule has 46 heavy (non-hydrogen) atoms. The summed E-state index contributed by atoms with van der Waals surface area (Å²) in [6.45, 7) is 5.07. The Hall–Kier alpha value is -4.53. The van der Waals surface area contributed by atoms with Crippen molar-refractivity contribution < 1.29 is 22.8 Å². The molecule has 1 aliphatic carbocycles. The van der Waals surface area contributed by atoms with Crippen LogP contribution in [-0.4, -0.2) is 53.8 Å². The summed E-state index contributed by atoms with van der Waals surface area (Å²) in [5.41, 5.74) is 2.23. The van der Waals surface area contributed by atoms with Crippen LogP contribution in [0, 0.1) is 36.0 Å². The number of fused-ring (bicyclic) bond motifs is 1. The first kappa shape index (κ1) is 31.5. The number of Topliss-reactive ketones (excluding diaryl/α,β-unsaturated/α-hetero) is 1. The van der Waals surface area contributed by atoms with Gasteiger partial charge in [-0.1, -0.05) is 19.1 Å². The molecule has 12 heteroatoms. The summed E-state index contributed by atoms with van der Waals surface area (Å²) < 4.78 is 43.9. The largest absolute Gasteiger partial charge is 0.435 e. The number of carbonyl (C=O) groups excluding carboxylic acids is 2. The molecule has 0 spiro atoms. The zero-order valence-electron chi connectivity index (χ0n) is 25.9. The lowest BCUT2D eigenvalue weighted by atomic mass is 9.87. The van der Waals surface area contributed by atoms with Crippen LogP contribution >= 0.6 is 0 Å². The van der Waals surface area contributed by atoms with Gasteiger partial charge < -0.3 is 4.90 Å². The Kier molecular flexibility index (Phi) is 8.68. The maximum absolute atomic E-state index is 13.8. The number of aromatic nitrogens is 5. The van der Waals surface area contributed by atoms with Crippen molar-refractivity contribution in [3.8, 4) is 17.3 Å². The van der Waals surface area contributed by atoms with Crippen molar-refractivity contribution >= 4 is 17.3 Å². The summed E-state index contributed by atoms with van der Waals surface area (Å²) in [7, 11) is 0. The van der Waals surface area contributed by atoms with E-state index in [-0.39, 0.29) is 29.6 Å². The average molecular weight is 632 g/mol. The predicted octanol–water partition coefficient (Wildman–Crippen LogP) is 6.28. The van der Waals surface area contributed by atoms with E-state index in [4.69, 9.17) is 5.26 Å². The van der Waals surface area contributed by atoms with Crippen LogP contribution in [0.3, 0.4) is 0 Å². The number of amides is 1. The van der Waals surface area contributed by atoms with E-state index in [1.165, 1.54) is 18.6 Å². The third-order valence-corrected chi connectivity index (χ3v) is 9.47. The predicted molar refractivity (Wildman–Crippen MR) is 164 cm³/mol. The third kappa shape index (κ3) is 6.41. The van der Waals surface area contributed by atoms with E-state index < -0.39 is 11.9 Å². The summed E-state index contributed by atoms with van der Waals surface area (Å²) >= 11 is 0. The van der Waals surface area contributed by atoms with Gasteiger partial charge in [0.15, 0.2) is 11.3 Å². The van der Waals surface area contributed by atoms with E-state index in [2.05, 4.69) is 22.0 Å². The summed E-state index contributed by atoms with van der Waals surface area (Å²) in [5, 5.41) is 12.5. The van der Waals surface area contributed by atoms with Crippen LogP contribution in [0.1, 0.15) is 78.3 Å². The molecule has 1 aromatic carbocycles. The van der Waals surface area contributed by atoms with E-state index in [9.17, 15) is 22.8 Å². The molecule has 4 heterocycles. The molecule has 2 fully saturated rings. The molecule has 240 valence electrons. The van der Waals surface area contributed by atoms with Gasteiger partial charge in [-0.15, -0.1) is 0 Å². The fourth-order valence-corrected chi connectivity index (χ4v) is 7.00. The van der Waals surface area contributed by atoms with E-state index in [0.29, 0.717) is 60.5 Å². The lowest BCUT2D eigenvalue weighted by Gasteiger charge is -2.32. The first-order valence-electron chi connectivity index (χ1n) is 15.8.